The molecule has 0 fully saturated rings. The van der Waals surface area contributed by atoms with Gasteiger partial charge in [-0.15, -0.1) is 6.58 Å². The Labute approximate surface area is 204 Å². The second-order valence-corrected chi connectivity index (χ2v) is 9.58. The molecule has 0 saturated heterocycles. The minimum absolute atomic E-state index is 0.142. The number of fused-ring (bicyclic) bond motifs is 1. The predicted octanol–water partition coefficient (Wildman–Crippen LogP) is 4.82. The van der Waals surface area contributed by atoms with E-state index in [9.17, 15) is 14.4 Å². The van der Waals surface area contributed by atoms with Crippen molar-refractivity contribution in [2.75, 3.05) is 17.6 Å². The van der Waals surface area contributed by atoms with E-state index in [-0.39, 0.29) is 11.7 Å². The molecule has 0 radical (unpaired) electrons. The van der Waals surface area contributed by atoms with Crippen LogP contribution in [-0.2, 0) is 9.59 Å². The zero-order valence-electron chi connectivity index (χ0n) is 18.4. The molecule has 2 aromatic heterocycles. The maximum absolute atomic E-state index is 13.1. The second kappa shape index (κ2) is 10.5. The number of Topliss-reactive ketones (excluding diaryl/α,β-unsaturated/α-hetero) is 1. The zero-order chi connectivity index (χ0) is 24.1. The molecule has 2 heterocycles. The first kappa shape index (κ1) is 23.5. The number of thioether (sulfide) groups is 1. The number of para-hydroxylation sites is 1. The van der Waals surface area contributed by atoms with Gasteiger partial charge in [0.1, 0.15) is 10.7 Å². The van der Waals surface area contributed by atoms with Crippen LogP contribution in [0.2, 0.25) is 0 Å². The molecule has 0 atom stereocenters. The normalized spacial score (nSPS) is 10.7. The summed E-state index contributed by atoms with van der Waals surface area (Å²) in [5, 5.41) is 6.64. The van der Waals surface area contributed by atoms with Gasteiger partial charge in [0.2, 0.25) is 5.91 Å². The molecular formula is C25H22N4O3S2. The maximum Gasteiger partial charge on any atom is 0.297 e. The van der Waals surface area contributed by atoms with Gasteiger partial charge in [-0.1, -0.05) is 77.7 Å². The van der Waals surface area contributed by atoms with Gasteiger partial charge in [-0.2, -0.15) is 0 Å². The Balaban J connectivity index is 1.59. The molecular weight excluding hydrogens is 468 g/mol. The van der Waals surface area contributed by atoms with Gasteiger partial charge in [-0.05, 0) is 13.0 Å². The fraction of sp³-hybridized carbons (Fsp3) is 0.120. The molecule has 0 bridgehead atoms. The number of benzene rings is 2. The van der Waals surface area contributed by atoms with Gasteiger partial charge < -0.3 is 15.6 Å². The summed E-state index contributed by atoms with van der Waals surface area (Å²) in [6.45, 7) is 5.74. The van der Waals surface area contributed by atoms with Crippen LogP contribution < -0.4 is 10.6 Å². The minimum Gasteiger partial charge on any atom is -0.358 e. The first-order valence-electron chi connectivity index (χ1n) is 10.5. The number of nitrogens with one attached hydrogen (secondary N) is 3. The molecule has 2 amide bonds. The van der Waals surface area contributed by atoms with Gasteiger partial charge >= 0.3 is 0 Å². The lowest BCUT2D eigenvalue weighted by atomic mass is 10.1. The number of thiazole rings is 1. The fourth-order valence-corrected chi connectivity index (χ4v) is 5.34. The number of rotatable bonds is 9. The summed E-state index contributed by atoms with van der Waals surface area (Å²) in [5.41, 5.74) is 3.14. The Morgan fingerprint density at radius 3 is 2.62 bits per heavy atom. The SMILES string of the molecule is C=CCNC(=O)CSc1nc(-c2ccccc2)c(NC(=O)C(=O)c2c(C)[nH]c3ccccc23)s1. The molecule has 34 heavy (non-hydrogen) atoms. The number of carbonyl (C=O) groups is 3. The molecule has 9 heteroatoms. The van der Waals surface area contributed by atoms with E-state index in [0.29, 0.717) is 38.2 Å². The molecule has 172 valence electrons. The number of anilines is 1. The monoisotopic (exact) mass is 490 g/mol. The van der Waals surface area contributed by atoms with Crippen LogP contribution in [0.1, 0.15) is 16.1 Å². The number of H-pyrrole nitrogens is 1. The first-order chi connectivity index (χ1) is 16.5. The number of hydrogen-bond acceptors (Lipinski definition) is 6. The van der Waals surface area contributed by atoms with Crippen LogP contribution in [0.25, 0.3) is 22.2 Å². The van der Waals surface area contributed by atoms with Crippen molar-refractivity contribution in [1.82, 2.24) is 15.3 Å². The number of aromatic nitrogens is 2. The van der Waals surface area contributed by atoms with Crippen LogP contribution in [0.5, 0.6) is 0 Å². The third kappa shape index (κ3) is 5.11. The highest BCUT2D eigenvalue weighted by Crippen LogP contribution is 2.37. The number of aromatic amines is 1. The Hall–Kier alpha value is -3.69. The third-order valence-corrected chi connectivity index (χ3v) is 7.09. The van der Waals surface area contributed by atoms with Gasteiger partial charge in [0.25, 0.3) is 11.7 Å². The number of hydrogen-bond donors (Lipinski definition) is 3. The van der Waals surface area contributed by atoms with Gasteiger partial charge in [-0.25, -0.2) is 4.98 Å². The van der Waals surface area contributed by atoms with E-state index in [1.807, 2.05) is 54.6 Å². The predicted molar refractivity (Wildman–Crippen MR) is 137 cm³/mol. The molecule has 7 nitrogen and oxygen atoms in total. The van der Waals surface area contributed by atoms with Crippen LogP contribution in [0.15, 0.2) is 71.6 Å². The molecule has 4 rings (SSSR count). The lowest BCUT2D eigenvalue weighted by molar-refractivity contribution is -0.118. The first-order valence-corrected chi connectivity index (χ1v) is 12.3. The summed E-state index contributed by atoms with van der Waals surface area (Å²) < 4.78 is 0.610. The molecule has 3 N–H and O–H groups in total. The highest BCUT2D eigenvalue weighted by molar-refractivity contribution is 8.01. The van der Waals surface area contributed by atoms with E-state index in [1.165, 1.54) is 23.1 Å². The summed E-state index contributed by atoms with van der Waals surface area (Å²) >= 11 is 2.50. The summed E-state index contributed by atoms with van der Waals surface area (Å²) in [6, 6.07) is 16.8. The summed E-state index contributed by atoms with van der Waals surface area (Å²) in [4.78, 5) is 45.8. The molecule has 2 aromatic carbocycles. The van der Waals surface area contributed by atoms with Gasteiger partial charge in [0.05, 0.1) is 11.3 Å². The van der Waals surface area contributed by atoms with E-state index >= 15 is 0 Å². The van der Waals surface area contributed by atoms with Crippen molar-refractivity contribution in [2.45, 2.75) is 11.3 Å². The number of ketones is 1. The highest BCUT2D eigenvalue weighted by Gasteiger charge is 2.25. The zero-order valence-corrected chi connectivity index (χ0v) is 20.0. The minimum atomic E-state index is -0.742. The van der Waals surface area contributed by atoms with Crippen molar-refractivity contribution in [3.63, 3.8) is 0 Å². The van der Waals surface area contributed by atoms with Crippen molar-refractivity contribution >= 4 is 56.6 Å². The van der Waals surface area contributed by atoms with Gasteiger partial charge in [0.15, 0.2) is 4.34 Å². The van der Waals surface area contributed by atoms with E-state index in [2.05, 4.69) is 27.2 Å². The Morgan fingerprint density at radius 1 is 1.12 bits per heavy atom. The average molecular weight is 491 g/mol. The average Bonchev–Trinajstić information content (AvgIpc) is 3.41. The van der Waals surface area contributed by atoms with Crippen molar-refractivity contribution in [1.29, 1.82) is 0 Å². The van der Waals surface area contributed by atoms with E-state index in [4.69, 9.17) is 0 Å². The Morgan fingerprint density at radius 2 is 1.85 bits per heavy atom. The van der Waals surface area contributed by atoms with Gasteiger partial charge in [0, 0.05) is 28.7 Å². The van der Waals surface area contributed by atoms with Crippen molar-refractivity contribution in [2.24, 2.45) is 0 Å². The number of carbonyl (C=O) groups excluding carboxylic acids is 3. The van der Waals surface area contributed by atoms with Crippen molar-refractivity contribution in [3.05, 3.63) is 78.5 Å². The van der Waals surface area contributed by atoms with Crippen LogP contribution in [-0.4, -0.2) is 39.9 Å². The number of amides is 2. The number of aryl methyl sites for hydroxylation is 1. The molecule has 0 aliphatic rings. The van der Waals surface area contributed by atoms with Crippen molar-refractivity contribution in [3.8, 4) is 11.3 Å². The van der Waals surface area contributed by atoms with Crippen LogP contribution in [0.4, 0.5) is 5.00 Å². The summed E-state index contributed by atoms with van der Waals surface area (Å²) in [7, 11) is 0. The van der Waals surface area contributed by atoms with E-state index < -0.39 is 11.7 Å². The Bertz CT molecular complexity index is 1380. The van der Waals surface area contributed by atoms with E-state index in [0.717, 1.165) is 11.1 Å². The molecule has 0 aliphatic heterocycles. The molecule has 0 unspecified atom stereocenters. The largest absolute Gasteiger partial charge is 0.358 e. The molecule has 0 spiro atoms. The van der Waals surface area contributed by atoms with Crippen LogP contribution in [0.3, 0.4) is 0 Å². The van der Waals surface area contributed by atoms with Crippen LogP contribution in [0, 0.1) is 6.92 Å². The van der Waals surface area contributed by atoms with Crippen molar-refractivity contribution < 1.29 is 14.4 Å². The molecule has 0 aliphatic carbocycles. The maximum atomic E-state index is 13.1. The van der Waals surface area contributed by atoms with Crippen LogP contribution >= 0.6 is 23.1 Å². The quantitative estimate of drug-likeness (QED) is 0.135. The third-order valence-electron chi connectivity index (χ3n) is 4.98. The number of nitrogens with zero attached hydrogens (tertiary/aromatic N) is 1. The molecule has 0 saturated carbocycles. The lowest BCUT2D eigenvalue weighted by Gasteiger charge is -2.05. The van der Waals surface area contributed by atoms with E-state index in [1.54, 1.807) is 13.0 Å². The smallest absolute Gasteiger partial charge is 0.297 e. The fourth-order valence-electron chi connectivity index (χ4n) is 3.45. The lowest BCUT2D eigenvalue weighted by Crippen LogP contribution is -2.24. The van der Waals surface area contributed by atoms with Gasteiger partial charge in [-0.3, -0.25) is 14.4 Å². The summed E-state index contributed by atoms with van der Waals surface area (Å²) in [6.07, 6.45) is 1.61. The Kier molecular flexibility index (Phi) is 7.24. The standard InChI is InChI=1S/C25H22N4O3S2/c1-3-13-26-19(30)14-33-25-28-21(16-9-5-4-6-10-16)24(34-25)29-23(32)22(31)20-15(2)27-18-12-8-7-11-17(18)20/h3-12,27H,1,13-14H2,2H3,(H,26,30)(H,29,32). The topological polar surface area (TPSA) is 104 Å². The molecule has 4 aromatic rings. The summed E-state index contributed by atoms with van der Waals surface area (Å²) in [5.74, 6) is -1.33. The second-order valence-electron chi connectivity index (χ2n) is 7.36. The highest BCUT2D eigenvalue weighted by atomic mass is 32.2.